The number of benzene rings is 2. The molecule has 0 aliphatic carbocycles. The summed E-state index contributed by atoms with van der Waals surface area (Å²) in [4.78, 5) is 78.8. The van der Waals surface area contributed by atoms with Crippen LogP contribution in [0, 0.1) is 12.8 Å². The van der Waals surface area contributed by atoms with Gasteiger partial charge in [-0.2, -0.15) is 0 Å². The number of hydrogen-bond donors (Lipinski definition) is 5. The van der Waals surface area contributed by atoms with Gasteiger partial charge < -0.3 is 31.2 Å². The fourth-order valence-corrected chi connectivity index (χ4v) is 7.26. The second-order valence-corrected chi connectivity index (χ2v) is 15.3. The number of carbonyl (C=O) groups excluding carboxylic acids is 5. The van der Waals surface area contributed by atoms with E-state index in [-0.39, 0.29) is 36.5 Å². The van der Waals surface area contributed by atoms with E-state index < -0.39 is 41.9 Å². The molecule has 2 bridgehead atoms. The highest BCUT2D eigenvalue weighted by atomic mass is 35.5. The highest BCUT2D eigenvalue weighted by Crippen LogP contribution is 2.26. The van der Waals surface area contributed by atoms with Crippen LogP contribution >= 0.6 is 22.9 Å². The van der Waals surface area contributed by atoms with Crippen molar-refractivity contribution in [3.63, 3.8) is 0 Å². The number of H-pyrrole nitrogens is 1. The third-order valence-electron chi connectivity index (χ3n) is 9.39. The van der Waals surface area contributed by atoms with Gasteiger partial charge in [0.25, 0.3) is 5.91 Å². The van der Waals surface area contributed by atoms with Crippen LogP contribution in [-0.2, 0) is 32.1 Å². The Balaban J connectivity index is 1.47. The minimum Gasteiger partial charge on any atom is -0.357 e. The molecule has 3 heterocycles. The molecule has 282 valence electrons. The molecular formula is C38H47ClN8O5S. The fourth-order valence-electron chi connectivity index (χ4n) is 6.24. The summed E-state index contributed by atoms with van der Waals surface area (Å²) < 4.78 is 0. The summed E-state index contributed by atoms with van der Waals surface area (Å²) in [5.41, 5.74) is 3.90. The maximum Gasteiger partial charge on any atom is 0.271 e. The number of thiazole rings is 1. The Labute approximate surface area is 318 Å². The molecule has 0 spiro atoms. The van der Waals surface area contributed by atoms with Crippen LogP contribution in [0.15, 0.2) is 53.9 Å². The number of nitrogens with zero attached hydrogens (tertiary/aromatic N) is 3. The fraction of sp³-hybridized carbons (Fsp3) is 0.421. The number of rotatable bonds is 5. The standard InChI is InChI=1S/C38H47ClN8O5S/c1-21(2)33-36(51)41-24(5)38(52)46(6)14-15-47(18-30-22(3)27-17-26(39)12-13-28(27)42-30)19-32(48)43-29(16-25-10-8-7-9-11-25)37-44-31(20-53-37)35(50)40-23(4)34(49)45-33/h7-13,17,20-21,23-24,29,33,42H,14-16,18-19H2,1-6H3,(H,40,50)(H,41,51)(H,43,48)(H,45,49)/t23-,24+,29-,33-/m0/s1. The van der Waals surface area contributed by atoms with E-state index in [1.807, 2.05) is 60.4 Å². The number of amides is 5. The first-order valence-corrected chi connectivity index (χ1v) is 18.9. The van der Waals surface area contributed by atoms with E-state index in [1.165, 1.54) is 23.2 Å². The molecule has 15 heteroatoms. The smallest absolute Gasteiger partial charge is 0.271 e. The molecule has 2 aromatic heterocycles. The minimum atomic E-state index is -0.996. The van der Waals surface area contributed by atoms with Crippen LogP contribution < -0.4 is 21.3 Å². The van der Waals surface area contributed by atoms with Gasteiger partial charge >= 0.3 is 0 Å². The molecule has 5 N–H and O–H groups in total. The Kier molecular flexibility index (Phi) is 12.9. The van der Waals surface area contributed by atoms with Crippen LogP contribution in [0.2, 0.25) is 5.02 Å². The van der Waals surface area contributed by atoms with Gasteiger partial charge in [-0.05, 0) is 62.4 Å². The molecule has 1 aliphatic rings. The molecule has 0 saturated carbocycles. The molecule has 5 amide bonds. The van der Waals surface area contributed by atoms with Gasteiger partial charge in [0, 0.05) is 53.7 Å². The predicted molar refractivity (Wildman–Crippen MR) is 205 cm³/mol. The molecule has 0 radical (unpaired) electrons. The average molecular weight is 763 g/mol. The molecule has 0 fully saturated rings. The first-order valence-electron chi connectivity index (χ1n) is 17.6. The average Bonchev–Trinajstić information content (AvgIpc) is 3.73. The molecule has 4 atom stereocenters. The Bertz CT molecular complexity index is 1960. The summed E-state index contributed by atoms with van der Waals surface area (Å²) in [5.74, 6) is -2.56. The van der Waals surface area contributed by atoms with Crippen LogP contribution in [0.25, 0.3) is 10.9 Å². The number of nitrogens with one attached hydrogen (secondary N) is 5. The van der Waals surface area contributed by atoms with Gasteiger partial charge in [-0.1, -0.05) is 55.8 Å². The van der Waals surface area contributed by atoms with Crippen LogP contribution in [0.3, 0.4) is 0 Å². The Morgan fingerprint density at radius 1 is 0.925 bits per heavy atom. The first kappa shape index (κ1) is 39.4. The van der Waals surface area contributed by atoms with E-state index in [1.54, 1.807) is 33.2 Å². The third kappa shape index (κ3) is 10.0. The summed E-state index contributed by atoms with van der Waals surface area (Å²) >= 11 is 7.54. The Hall–Kier alpha value is -4.79. The van der Waals surface area contributed by atoms with Crippen molar-refractivity contribution in [3.8, 4) is 0 Å². The normalized spacial score (nSPS) is 21.9. The molecule has 2 aromatic carbocycles. The highest BCUT2D eigenvalue weighted by molar-refractivity contribution is 7.09. The predicted octanol–water partition coefficient (Wildman–Crippen LogP) is 3.72. The van der Waals surface area contributed by atoms with Gasteiger partial charge in [0.1, 0.15) is 28.8 Å². The number of halogens is 1. The van der Waals surface area contributed by atoms with E-state index in [2.05, 4.69) is 31.2 Å². The van der Waals surface area contributed by atoms with Gasteiger partial charge in [0.15, 0.2) is 0 Å². The quantitative estimate of drug-likeness (QED) is 0.207. The lowest BCUT2D eigenvalue weighted by Gasteiger charge is -2.29. The monoisotopic (exact) mass is 762 g/mol. The summed E-state index contributed by atoms with van der Waals surface area (Å²) in [7, 11) is 1.65. The maximum absolute atomic E-state index is 13.9. The van der Waals surface area contributed by atoms with Crippen LogP contribution in [0.4, 0.5) is 0 Å². The second-order valence-electron chi connectivity index (χ2n) is 13.9. The van der Waals surface area contributed by atoms with E-state index in [9.17, 15) is 24.0 Å². The number of carbonyl (C=O) groups is 5. The van der Waals surface area contributed by atoms with Gasteiger partial charge in [0.2, 0.25) is 23.6 Å². The lowest BCUT2D eigenvalue weighted by molar-refractivity contribution is -0.136. The zero-order chi connectivity index (χ0) is 38.4. The third-order valence-corrected chi connectivity index (χ3v) is 10.6. The van der Waals surface area contributed by atoms with Crippen LogP contribution in [-0.4, -0.2) is 94.1 Å². The van der Waals surface area contributed by atoms with Gasteiger partial charge in [-0.25, -0.2) is 4.98 Å². The van der Waals surface area contributed by atoms with Crippen molar-refractivity contribution in [1.82, 2.24) is 41.0 Å². The minimum absolute atomic E-state index is 0.00471. The molecule has 1 aliphatic heterocycles. The van der Waals surface area contributed by atoms with Crippen LogP contribution in [0.1, 0.15) is 66.1 Å². The summed E-state index contributed by atoms with van der Waals surface area (Å²) in [6.45, 7) is 9.63. The Morgan fingerprint density at radius 3 is 2.38 bits per heavy atom. The molecule has 5 rings (SSSR count). The zero-order valence-electron chi connectivity index (χ0n) is 30.8. The zero-order valence-corrected chi connectivity index (χ0v) is 32.4. The second kappa shape index (κ2) is 17.4. The van der Waals surface area contributed by atoms with E-state index >= 15 is 0 Å². The Morgan fingerprint density at radius 2 is 1.66 bits per heavy atom. The summed E-state index contributed by atoms with van der Waals surface area (Å²) in [6, 6.07) is 11.9. The largest absolute Gasteiger partial charge is 0.357 e. The number of aromatic amines is 1. The van der Waals surface area contributed by atoms with Crippen molar-refractivity contribution >= 4 is 63.4 Å². The number of hydrogen-bond acceptors (Lipinski definition) is 8. The molecule has 0 saturated heterocycles. The number of fused-ring (bicyclic) bond motifs is 3. The number of likely N-dealkylation sites (N-methyl/N-ethyl adjacent to an activating group) is 1. The molecule has 4 aromatic rings. The molecular weight excluding hydrogens is 716 g/mol. The maximum atomic E-state index is 13.9. The summed E-state index contributed by atoms with van der Waals surface area (Å²) in [6.07, 6.45) is 0.425. The van der Waals surface area contributed by atoms with Crippen molar-refractivity contribution < 1.29 is 24.0 Å². The lowest BCUT2D eigenvalue weighted by Crippen LogP contribution is -2.57. The van der Waals surface area contributed by atoms with Gasteiger partial charge in [-0.3, -0.25) is 28.9 Å². The van der Waals surface area contributed by atoms with Crippen molar-refractivity contribution in [3.05, 3.63) is 86.5 Å². The van der Waals surface area contributed by atoms with Gasteiger partial charge in [-0.15, -0.1) is 11.3 Å². The number of aromatic nitrogens is 2. The first-order chi connectivity index (χ1) is 25.2. The van der Waals surface area contributed by atoms with Crippen molar-refractivity contribution in [2.24, 2.45) is 5.92 Å². The highest BCUT2D eigenvalue weighted by Gasteiger charge is 2.31. The van der Waals surface area contributed by atoms with Gasteiger partial charge in [0.05, 0.1) is 12.6 Å². The SMILES string of the molecule is Cc1c(CN2CCN(C)C(=O)[C@@H](C)NC(=O)[C@H](C(C)C)NC(=O)[C@H](C)NC(=O)c3csc(n3)[C@H](Cc3ccccc3)NC(=O)C2)[nH]c2ccc(Cl)cc12. The molecule has 53 heavy (non-hydrogen) atoms. The topological polar surface area (TPSA) is 169 Å². The molecule has 13 nitrogen and oxygen atoms in total. The van der Waals surface area contributed by atoms with E-state index in [0.717, 1.165) is 27.7 Å². The lowest BCUT2D eigenvalue weighted by atomic mass is 10.0. The van der Waals surface area contributed by atoms with Crippen LogP contribution in [0.5, 0.6) is 0 Å². The molecule has 0 unspecified atom stereocenters. The number of aryl methyl sites for hydroxylation is 1. The van der Waals surface area contributed by atoms with Crippen molar-refractivity contribution in [2.75, 3.05) is 26.7 Å². The van der Waals surface area contributed by atoms with E-state index in [0.29, 0.717) is 29.5 Å². The van der Waals surface area contributed by atoms with Crippen molar-refractivity contribution in [1.29, 1.82) is 0 Å². The summed E-state index contributed by atoms with van der Waals surface area (Å²) in [5, 5.41) is 15.0. The van der Waals surface area contributed by atoms with Crippen molar-refractivity contribution in [2.45, 2.75) is 71.8 Å². The van der Waals surface area contributed by atoms with E-state index in [4.69, 9.17) is 11.6 Å².